The number of nitrogens with one attached hydrogen (secondary N) is 1. The van der Waals surface area contributed by atoms with E-state index in [-0.39, 0.29) is 23.7 Å². The summed E-state index contributed by atoms with van der Waals surface area (Å²) in [6.45, 7) is 3.55. The molecule has 0 bridgehead atoms. The van der Waals surface area contributed by atoms with Gasteiger partial charge >= 0.3 is 5.97 Å². The van der Waals surface area contributed by atoms with Crippen LogP contribution in [0.1, 0.15) is 55.7 Å². The quantitative estimate of drug-likeness (QED) is 0.428. The number of ketones is 1. The SMILES string of the molecule is CCCc1ccc(C(=O)COC(=O)c2ccc(C)c(NC(=O)c3ccco3)c2)cc1. The van der Waals surface area contributed by atoms with Crippen molar-refractivity contribution in [3.63, 3.8) is 0 Å². The molecule has 1 aromatic heterocycles. The zero-order valence-corrected chi connectivity index (χ0v) is 16.9. The maximum atomic E-state index is 12.4. The van der Waals surface area contributed by atoms with Crippen molar-refractivity contribution in [2.24, 2.45) is 0 Å². The van der Waals surface area contributed by atoms with Gasteiger partial charge in [-0.15, -0.1) is 0 Å². The first-order valence-electron chi connectivity index (χ1n) is 9.72. The van der Waals surface area contributed by atoms with Gasteiger partial charge < -0.3 is 14.5 Å². The lowest BCUT2D eigenvalue weighted by Gasteiger charge is -2.10. The number of furan rings is 1. The minimum atomic E-state index is -0.639. The largest absolute Gasteiger partial charge is 0.459 e. The number of rotatable bonds is 8. The average Bonchev–Trinajstić information content (AvgIpc) is 3.29. The van der Waals surface area contributed by atoms with E-state index in [2.05, 4.69) is 12.2 Å². The van der Waals surface area contributed by atoms with Crippen LogP contribution in [-0.4, -0.2) is 24.3 Å². The van der Waals surface area contributed by atoms with E-state index < -0.39 is 11.9 Å². The van der Waals surface area contributed by atoms with Crippen LogP contribution in [0.15, 0.2) is 65.3 Å². The van der Waals surface area contributed by atoms with Crippen molar-refractivity contribution in [1.82, 2.24) is 0 Å². The second-order valence-corrected chi connectivity index (χ2v) is 6.91. The van der Waals surface area contributed by atoms with Crippen molar-refractivity contribution in [1.29, 1.82) is 0 Å². The van der Waals surface area contributed by atoms with Gasteiger partial charge in [0.2, 0.25) is 0 Å². The number of carbonyl (C=O) groups is 3. The van der Waals surface area contributed by atoms with Gasteiger partial charge in [0.05, 0.1) is 11.8 Å². The third-order valence-electron chi connectivity index (χ3n) is 4.62. The number of hydrogen-bond acceptors (Lipinski definition) is 5. The van der Waals surface area contributed by atoms with Crippen molar-refractivity contribution in [2.75, 3.05) is 11.9 Å². The van der Waals surface area contributed by atoms with Crippen molar-refractivity contribution in [3.05, 3.63) is 88.9 Å². The topological polar surface area (TPSA) is 85.6 Å². The number of esters is 1. The van der Waals surface area contributed by atoms with Crippen molar-refractivity contribution in [2.45, 2.75) is 26.7 Å². The molecule has 154 valence electrons. The minimum Gasteiger partial charge on any atom is -0.459 e. The normalized spacial score (nSPS) is 10.5. The molecule has 1 amide bonds. The number of hydrogen-bond donors (Lipinski definition) is 1. The number of Topliss-reactive ketones (excluding diaryl/α,β-unsaturated/α-hetero) is 1. The van der Waals surface area contributed by atoms with Gasteiger partial charge in [0, 0.05) is 11.3 Å². The van der Waals surface area contributed by atoms with E-state index >= 15 is 0 Å². The molecule has 0 unspecified atom stereocenters. The van der Waals surface area contributed by atoms with Crippen molar-refractivity contribution >= 4 is 23.3 Å². The summed E-state index contributed by atoms with van der Waals surface area (Å²) in [5, 5.41) is 2.71. The molecule has 2 aromatic carbocycles. The maximum absolute atomic E-state index is 12.4. The van der Waals surface area contributed by atoms with E-state index in [4.69, 9.17) is 9.15 Å². The number of carbonyl (C=O) groups excluding carboxylic acids is 3. The number of benzene rings is 2. The van der Waals surface area contributed by atoms with Gasteiger partial charge in [-0.05, 0) is 48.7 Å². The molecule has 0 aliphatic carbocycles. The molecule has 3 aromatic rings. The van der Waals surface area contributed by atoms with Crippen LogP contribution in [-0.2, 0) is 11.2 Å². The highest BCUT2D eigenvalue weighted by atomic mass is 16.5. The van der Waals surface area contributed by atoms with Gasteiger partial charge in [0.15, 0.2) is 18.2 Å². The van der Waals surface area contributed by atoms with Gasteiger partial charge in [-0.25, -0.2) is 4.79 Å². The predicted molar refractivity (Wildman–Crippen MR) is 113 cm³/mol. The fourth-order valence-electron chi connectivity index (χ4n) is 2.92. The summed E-state index contributed by atoms with van der Waals surface area (Å²) >= 11 is 0. The molecule has 1 heterocycles. The summed E-state index contributed by atoms with van der Waals surface area (Å²) in [4.78, 5) is 36.9. The Bertz CT molecular complexity index is 1040. The highest BCUT2D eigenvalue weighted by Crippen LogP contribution is 2.19. The highest BCUT2D eigenvalue weighted by Gasteiger charge is 2.15. The van der Waals surface area contributed by atoms with Crippen LogP contribution in [0.25, 0.3) is 0 Å². The standard InChI is InChI=1S/C24H23NO5/c1-3-5-17-8-11-18(12-9-17)21(26)15-30-24(28)19-10-7-16(2)20(14-19)25-23(27)22-6-4-13-29-22/h4,6-14H,3,5,15H2,1-2H3,(H,25,27). The van der Waals surface area contributed by atoms with E-state index in [0.717, 1.165) is 24.0 Å². The molecule has 0 saturated carbocycles. The summed E-state index contributed by atoms with van der Waals surface area (Å²) in [7, 11) is 0. The molecule has 6 heteroatoms. The van der Waals surface area contributed by atoms with E-state index in [1.54, 1.807) is 43.3 Å². The van der Waals surface area contributed by atoms with Gasteiger partial charge in [-0.3, -0.25) is 9.59 Å². The third-order valence-corrected chi connectivity index (χ3v) is 4.62. The highest BCUT2D eigenvalue weighted by molar-refractivity contribution is 6.04. The Labute approximate surface area is 174 Å². The van der Waals surface area contributed by atoms with Crippen molar-refractivity contribution in [3.8, 4) is 0 Å². The monoisotopic (exact) mass is 405 g/mol. The summed E-state index contributed by atoms with van der Waals surface area (Å²) in [6, 6.07) is 15.3. The lowest BCUT2D eigenvalue weighted by molar-refractivity contribution is 0.0474. The number of amides is 1. The first-order chi connectivity index (χ1) is 14.5. The molecule has 0 fully saturated rings. The fourth-order valence-corrected chi connectivity index (χ4v) is 2.92. The van der Waals surface area contributed by atoms with Crippen LogP contribution < -0.4 is 5.32 Å². The van der Waals surface area contributed by atoms with Gasteiger partial charge in [0.1, 0.15) is 0 Å². The Morgan fingerprint density at radius 3 is 2.40 bits per heavy atom. The maximum Gasteiger partial charge on any atom is 0.338 e. The first kappa shape index (κ1) is 21.0. The summed E-state index contributed by atoms with van der Waals surface area (Å²) in [5.41, 5.74) is 3.13. The zero-order chi connectivity index (χ0) is 21.5. The van der Waals surface area contributed by atoms with Gasteiger partial charge in [-0.2, -0.15) is 0 Å². The Hall–Kier alpha value is -3.67. The van der Waals surface area contributed by atoms with Crippen molar-refractivity contribution < 1.29 is 23.5 Å². The summed E-state index contributed by atoms with van der Waals surface area (Å²) < 4.78 is 10.2. The molecule has 0 spiro atoms. The summed E-state index contributed by atoms with van der Waals surface area (Å²) in [6.07, 6.45) is 3.39. The van der Waals surface area contributed by atoms with Crippen LogP contribution in [0.3, 0.4) is 0 Å². The molecular weight excluding hydrogens is 382 g/mol. The molecule has 0 saturated heterocycles. The second-order valence-electron chi connectivity index (χ2n) is 6.91. The molecule has 0 atom stereocenters. The molecule has 6 nitrogen and oxygen atoms in total. The van der Waals surface area contributed by atoms with Crippen LogP contribution in [0.5, 0.6) is 0 Å². The summed E-state index contributed by atoms with van der Waals surface area (Å²) in [5.74, 6) is -1.17. The zero-order valence-electron chi connectivity index (χ0n) is 16.9. The fraction of sp³-hybridized carbons (Fsp3) is 0.208. The predicted octanol–water partition coefficient (Wildman–Crippen LogP) is 4.83. The molecule has 1 N–H and O–H groups in total. The van der Waals surface area contributed by atoms with Crippen LogP contribution >= 0.6 is 0 Å². The third kappa shape index (κ3) is 5.23. The Balaban J connectivity index is 1.62. The Morgan fingerprint density at radius 2 is 1.73 bits per heavy atom. The molecule has 0 aliphatic rings. The molecule has 0 aliphatic heterocycles. The number of ether oxygens (including phenoxy) is 1. The van der Waals surface area contributed by atoms with Gasteiger partial charge in [0.25, 0.3) is 5.91 Å². The molecule has 3 rings (SSSR count). The van der Waals surface area contributed by atoms with Crippen LogP contribution in [0.2, 0.25) is 0 Å². The lowest BCUT2D eigenvalue weighted by Crippen LogP contribution is -2.16. The van der Waals surface area contributed by atoms with Crippen LogP contribution in [0, 0.1) is 6.92 Å². The van der Waals surface area contributed by atoms with Gasteiger partial charge in [-0.1, -0.05) is 43.7 Å². The Morgan fingerprint density at radius 1 is 1.00 bits per heavy atom. The Kier molecular flexibility index (Phi) is 6.80. The smallest absolute Gasteiger partial charge is 0.338 e. The van der Waals surface area contributed by atoms with E-state index in [1.807, 2.05) is 12.1 Å². The molecular formula is C24H23NO5. The van der Waals surface area contributed by atoms with Crippen LogP contribution in [0.4, 0.5) is 5.69 Å². The average molecular weight is 405 g/mol. The lowest BCUT2D eigenvalue weighted by atomic mass is 10.1. The second kappa shape index (κ2) is 9.69. The molecule has 30 heavy (non-hydrogen) atoms. The first-order valence-corrected chi connectivity index (χ1v) is 9.72. The van der Waals surface area contributed by atoms with E-state index in [1.165, 1.54) is 12.3 Å². The van der Waals surface area contributed by atoms with E-state index in [0.29, 0.717) is 11.3 Å². The number of anilines is 1. The minimum absolute atomic E-state index is 0.165. The molecule has 0 radical (unpaired) electrons. The van der Waals surface area contributed by atoms with E-state index in [9.17, 15) is 14.4 Å². The number of aryl methyl sites for hydroxylation is 2.